The minimum Gasteiger partial charge on any atom is -0.453 e. The van der Waals surface area contributed by atoms with Gasteiger partial charge in [-0.2, -0.15) is 0 Å². The van der Waals surface area contributed by atoms with Crippen LogP contribution in [0.3, 0.4) is 0 Å². The summed E-state index contributed by atoms with van der Waals surface area (Å²) in [5.41, 5.74) is 8.65. The summed E-state index contributed by atoms with van der Waals surface area (Å²) in [6.45, 7) is 14.1. The van der Waals surface area contributed by atoms with Crippen LogP contribution >= 0.6 is 0 Å². The zero-order valence-corrected chi connectivity index (χ0v) is 84.6. The van der Waals surface area contributed by atoms with Crippen molar-refractivity contribution in [1.82, 2.24) is 31.1 Å². The predicted molar refractivity (Wildman–Crippen MR) is 561 cm³/mol. The third-order valence-electron chi connectivity index (χ3n) is 24.5. The average molecular weight is 1900 g/mol. The standard InChI is InChI=1S/C121H152N6O13/c1-7-13-19-25-29-33-37-41-45-51-57-81-115(128)124-101(97-135-95-87-103(71-55-49-23-17-11-5)139-117(130)83-59-53-47-43-39-35-31-27-21-15-9-3)85-93-126(120(133)137-99-113-109-77-65-61-73-105(109)106-74-62-66-78-110(106)113)91-69-89-122-119(132)123-90-70-92-127(121(134)138-100-114-111-79-67-63-75-107(111)108-76-64-68-80-112(108)114)94-86-102(125-116(129)82-58-52-46-42-38-34-30-26-20-14-8-2)98-136-96-88-104(72-56-50-24-18-12-6)140-118(131)84-60-54-48-44-40-36-32-28-22-16-10-4/h61-68,73-80,101-104,113-114H,7-8,11-14,17-20,23-26,29-30,33-34,37-38,41-42,45-46,49-52,55-58,69-72,81-82,85-100H2,1-6H3,(H,124,128)(H,125,129)(H2,122,123,132)/t101-,102-,103+,104+/m0/s1. The number of urea groups is 1. The Hall–Kier alpha value is -12.8. The summed E-state index contributed by atoms with van der Waals surface area (Å²) in [7, 11) is 0. The molecule has 0 spiro atoms. The Morgan fingerprint density at radius 2 is 0.593 bits per heavy atom. The molecule has 0 radical (unpaired) electrons. The van der Waals surface area contributed by atoms with Crippen LogP contribution in [0, 0.1) is 142 Å². The highest BCUT2D eigenvalue weighted by atomic mass is 16.6. The number of hydrogen-bond acceptors (Lipinski definition) is 13. The lowest BCUT2D eigenvalue weighted by Gasteiger charge is -2.27. The first kappa shape index (κ1) is 116. The molecule has 2 aliphatic rings. The van der Waals surface area contributed by atoms with Crippen molar-refractivity contribution in [2.45, 2.75) is 347 Å². The van der Waals surface area contributed by atoms with E-state index in [0.717, 1.165) is 160 Å². The molecule has 4 N–H and O–H groups in total. The highest BCUT2D eigenvalue weighted by Crippen LogP contribution is 2.46. The van der Waals surface area contributed by atoms with Gasteiger partial charge in [0.05, 0.1) is 38.5 Å². The van der Waals surface area contributed by atoms with Crippen LogP contribution in [0.4, 0.5) is 14.4 Å². The minimum absolute atomic E-state index is 0.0805. The number of amides is 6. The summed E-state index contributed by atoms with van der Waals surface area (Å²) in [4.78, 5) is 101. The van der Waals surface area contributed by atoms with E-state index in [4.69, 9.17) is 28.4 Å². The van der Waals surface area contributed by atoms with Gasteiger partial charge in [0.15, 0.2) is 0 Å². The minimum atomic E-state index is -0.717. The predicted octanol–water partition coefficient (Wildman–Crippen LogP) is 22.2. The van der Waals surface area contributed by atoms with Crippen molar-refractivity contribution in [2.24, 2.45) is 0 Å². The maximum Gasteiger partial charge on any atom is 0.409 e. The van der Waals surface area contributed by atoms with Crippen LogP contribution in [0.5, 0.6) is 0 Å². The fourth-order valence-electron chi connectivity index (χ4n) is 17.0. The van der Waals surface area contributed by atoms with E-state index >= 15 is 0 Å². The molecule has 6 rings (SSSR count). The maximum atomic E-state index is 14.8. The van der Waals surface area contributed by atoms with E-state index in [1.165, 1.54) is 89.9 Å². The summed E-state index contributed by atoms with van der Waals surface area (Å²) < 4.78 is 37.4. The SMILES string of the molecule is CC#CC#CC#CC#CC#CC#CC(=O)O[C@H](CCCCCCC)CCOC[C@H](CCN(CCCNC(=O)NCCCN(CC[C@@H](COCC[C@@H](CCCCCCC)OC(=O)C#CC#CC#CC#CC#CC#CC)NC(=O)CCCCCCCCCCCCC)C(=O)OCC1c2ccccc2-c2ccccc21)C(=O)OCC1c2ccccc2-c2ccccc21)NC(=O)CCCCCCCCCCCCC. The molecular weight excluding hydrogens is 1750 g/mol. The molecule has 19 heteroatoms. The van der Waals surface area contributed by atoms with Crippen molar-refractivity contribution in [2.75, 3.05) is 78.9 Å². The average Bonchev–Trinajstić information content (AvgIpc) is 1.62. The van der Waals surface area contributed by atoms with Gasteiger partial charge in [0.25, 0.3) is 0 Å². The molecule has 0 unspecified atom stereocenters. The van der Waals surface area contributed by atoms with E-state index in [0.29, 0.717) is 64.2 Å². The number of fused-ring (bicyclic) bond motifs is 6. The van der Waals surface area contributed by atoms with Crippen LogP contribution in [-0.4, -0.2) is 155 Å². The number of benzene rings is 4. The van der Waals surface area contributed by atoms with Crippen LogP contribution in [0.25, 0.3) is 22.3 Å². The van der Waals surface area contributed by atoms with Gasteiger partial charge in [0.1, 0.15) is 25.4 Å². The van der Waals surface area contributed by atoms with Crippen molar-refractivity contribution in [3.63, 3.8) is 0 Å². The lowest BCUT2D eigenvalue weighted by atomic mass is 9.98. The molecule has 0 aromatic heterocycles. The Morgan fingerprint density at radius 3 is 0.900 bits per heavy atom. The number of unbranched alkanes of at least 4 members (excludes halogenated alkanes) is 28. The van der Waals surface area contributed by atoms with Gasteiger partial charge in [0.2, 0.25) is 11.8 Å². The molecule has 19 nitrogen and oxygen atoms in total. The number of ether oxygens (including phenoxy) is 6. The van der Waals surface area contributed by atoms with Crippen molar-refractivity contribution in [1.29, 1.82) is 0 Å². The highest BCUT2D eigenvalue weighted by Gasteiger charge is 2.33. The van der Waals surface area contributed by atoms with Crippen LogP contribution in [0.2, 0.25) is 0 Å². The highest BCUT2D eigenvalue weighted by molar-refractivity contribution is 5.90. The summed E-state index contributed by atoms with van der Waals surface area (Å²) >= 11 is 0. The van der Waals surface area contributed by atoms with Gasteiger partial charge in [-0.05, 0) is 241 Å². The quantitative estimate of drug-likeness (QED) is 0.0106. The van der Waals surface area contributed by atoms with E-state index < -0.39 is 54.4 Å². The number of carbonyl (C=O) groups is 7. The number of carbonyl (C=O) groups excluding carboxylic acids is 7. The van der Waals surface area contributed by atoms with Crippen molar-refractivity contribution >= 4 is 42.0 Å². The van der Waals surface area contributed by atoms with Crippen LogP contribution in [-0.2, 0) is 47.6 Å². The summed E-state index contributed by atoms with van der Waals surface area (Å²) in [5, 5.41) is 12.5. The van der Waals surface area contributed by atoms with Gasteiger partial charge in [-0.15, -0.1) is 0 Å². The molecule has 4 aromatic carbocycles. The Bertz CT molecular complexity index is 4840. The molecule has 0 fully saturated rings. The molecule has 0 saturated heterocycles. The van der Waals surface area contributed by atoms with E-state index in [2.05, 4.69) is 240 Å². The number of nitrogens with one attached hydrogen (secondary N) is 4. The van der Waals surface area contributed by atoms with Gasteiger partial charge >= 0.3 is 30.2 Å². The maximum absolute atomic E-state index is 14.8. The van der Waals surface area contributed by atoms with Crippen molar-refractivity contribution < 1.29 is 62.0 Å². The summed E-state index contributed by atoms with van der Waals surface area (Å²) in [5.74, 6) is 59.6. The molecule has 0 bridgehead atoms. The third-order valence-corrected chi connectivity index (χ3v) is 24.5. The second-order valence-corrected chi connectivity index (χ2v) is 35.6. The lowest BCUT2D eigenvalue weighted by molar-refractivity contribution is -0.144. The fourth-order valence-corrected chi connectivity index (χ4v) is 17.0. The van der Waals surface area contributed by atoms with Crippen LogP contribution in [0.1, 0.15) is 345 Å². The zero-order valence-electron chi connectivity index (χ0n) is 84.6. The Kier molecular flexibility index (Phi) is 63.8. The van der Waals surface area contributed by atoms with Crippen LogP contribution in [0.15, 0.2) is 97.1 Å². The normalized spacial score (nSPS) is 11.6. The Morgan fingerprint density at radius 1 is 0.314 bits per heavy atom. The van der Waals surface area contributed by atoms with Gasteiger partial charge in [-0.3, -0.25) is 9.59 Å². The molecular formula is C121H152N6O13. The smallest absolute Gasteiger partial charge is 0.409 e. The second-order valence-electron chi connectivity index (χ2n) is 35.6. The molecule has 0 aliphatic heterocycles. The molecule has 6 amide bonds. The van der Waals surface area contributed by atoms with Gasteiger partial charge in [0, 0.05) is 88.6 Å². The monoisotopic (exact) mass is 1900 g/mol. The molecule has 0 saturated carbocycles. The number of hydrogen-bond donors (Lipinski definition) is 4. The topological polar surface area (TPSA) is 229 Å². The molecule has 2 aliphatic carbocycles. The van der Waals surface area contributed by atoms with Gasteiger partial charge < -0.3 is 59.5 Å². The van der Waals surface area contributed by atoms with Crippen molar-refractivity contribution in [3.8, 4) is 164 Å². The molecule has 744 valence electrons. The zero-order chi connectivity index (χ0) is 99.8. The lowest BCUT2D eigenvalue weighted by Crippen LogP contribution is -2.44. The third kappa shape index (κ3) is 51.7. The number of nitrogens with zero attached hydrogens (tertiary/aromatic N) is 2. The van der Waals surface area contributed by atoms with E-state index in [9.17, 15) is 33.6 Å². The second kappa shape index (κ2) is 77.1. The first-order chi connectivity index (χ1) is 68.8. The van der Waals surface area contributed by atoms with Gasteiger partial charge in [-0.1, -0.05) is 316 Å². The van der Waals surface area contributed by atoms with E-state index in [1.807, 2.05) is 48.5 Å². The van der Waals surface area contributed by atoms with Crippen LogP contribution < -0.4 is 21.3 Å². The van der Waals surface area contributed by atoms with Gasteiger partial charge in [-0.25, -0.2) is 24.0 Å². The molecule has 140 heavy (non-hydrogen) atoms. The fraction of sp³-hybridized carbons (Fsp3) is 0.545. The Balaban J connectivity index is 1.17. The van der Waals surface area contributed by atoms with E-state index in [1.54, 1.807) is 23.6 Å². The summed E-state index contributed by atoms with van der Waals surface area (Å²) in [6, 6.07) is 31.2. The largest absolute Gasteiger partial charge is 0.453 e. The summed E-state index contributed by atoms with van der Waals surface area (Å²) in [6.07, 6.45) is 37.2. The van der Waals surface area contributed by atoms with Crippen molar-refractivity contribution in [3.05, 3.63) is 119 Å². The molecule has 0 heterocycles. The first-order valence-electron chi connectivity index (χ1n) is 52.0. The number of esters is 2. The molecule has 4 aromatic rings. The first-order valence-corrected chi connectivity index (χ1v) is 52.0. The number of rotatable bonds is 68. The molecule has 4 atom stereocenters. The Labute approximate surface area is 840 Å². The van der Waals surface area contributed by atoms with E-state index in [-0.39, 0.29) is 103 Å².